The standard InChI is InChI=1S/C13H9BrClNO/c14-9-1-4-11(5-2-9)16-8-17-13-7-10(15)3-6-12(13)16/h1-7H,8H2. The third-order valence-electron chi connectivity index (χ3n) is 2.70. The zero-order valence-electron chi connectivity index (χ0n) is 8.86. The predicted octanol–water partition coefficient (Wildman–Crippen LogP) is 4.59. The SMILES string of the molecule is Clc1ccc2c(c1)OCN2c1ccc(Br)cc1. The average molecular weight is 311 g/mol. The summed E-state index contributed by atoms with van der Waals surface area (Å²) in [6, 6.07) is 13.8. The number of anilines is 2. The monoisotopic (exact) mass is 309 g/mol. The van der Waals surface area contributed by atoms with Gasteiger partial charge in [0.05, 0.1) is 5.69 Å². The molecule has 1 heterocycles. The van der Waals surface area contributed by atoms with E-state index in [1.54, 1.807) is 0 Å². The highest BCUT2D eigenvalue weighted by atomic mass is 79.9. The largest absolute Gasteiger partial charge is 0.470 e. The van der Waals surface area contributed by atoms with Crippen LogP contribution in [0.25, 0.3) is 0 Å². The van der Waals surface area contributed by atoms with Gasteiger partial charge in [-0.1, -0.05) is 27.5 Å². The highest BCUT2D eigenvalue weighted by Crippen LogP contribution is 2.40. The molecule has 0 aliphatic carbocycles. The van der Waals surface area contributed by atoms with E-state index in [0.29, 0.717) is 11.8 Å². The maximum Gasteiger partial charge on any atom is 0.165 e. The maximum absolute atomic E-state index is 5.93. The van der Waals surface area contributed by atoms with Crippen molar-refractivity contribution in [2.24, 2.45) is 0 Å². The third-order valence-corrected chi connectivity index (χ3v) is 3.46. The first-order valence-corrected chi connectivity index (χ1v) is 6.36. The van der Waals surface area contributed by atoms with Crippen LogP contribution in [-0.4, -0.2) is 6.73 Å². The lowest BCUT2D eigenvalue weighted by Crippen LogP contribution is -2.15. The first kappa shape index (κ1) is 10.9. The molecule has 0 spiro atoms. The van der Waals surface area contributed by atoms with Gasteiger partial charge in [-0.25, -0.2) is 0 Å². The zero-order valence-corrected chi connectivity index (χ0v) is 11.2. The second-order valence-electron chi connectivity index (χ2n) is 3.79. The van der Waals surface area contributed by atoms with Crippen LogP contribution in [-0.2, 0) is 0 Å². The van der Waals surface area contributed by atoms with E-state index in [9.17, 15) is 0 Å². The number of nitrogens with zero attached hydrogens (tertiary/aromatic N) is 1. The normalized spacial score (nSPS) is 13.4. The minimum atomic E-state index is 0.525. The first-order valence-electron chi connectivity index (χ1n) is 5.19. The lowest BCUT2D eigenvalue weighted by atomic mass is 10.2. The van der Waals surface area contributed by atoms with Crippen molar-refractivity contribution < 1.29 is 4.74 Å². The van der Waals surface area contributed by atoms with Crippen molar-refractivity contribution in [2.75, 3.05) is 11.6 Å². The summed E-state index contributed by atoms with van der Waals surface area (Å²) in [6.07, 6.45) is 0. The second kappa shape index (κ2) is 4.24. The predicted molar refractivity (Wildman–Crippen MR) is 73.2 cm³/mol. The number of hydrogen-bond donors (Lipinski definition) is 0. The van der Waals surface area contributed by atoms with Gasteiger partial charge < -0.3 is 9.64 Å². The molecule has 0 atom stereocenters. The van der Waals surface area contributed by atoms with Crippen LogP contribution in [0.2, 0.25) is 5.02 Å². The fraction of sp³-hybridized carbons (Fsp3) is 0.0769. The highest BCUT2D eigenvalue weighted by molar-refractivity contribution is 9.10. The van der Waals surface area contributed by atoms with Crippen LogP contribution in [0.5, 0.6) is 5.75 Å². The van der Waals surface area contributed by atoms with Gasteiger partial charge in [0.25, 0.3) is 0 Å². The van der Waals surface area contributed by atoms with Gasteiger partial charge >= 0.3 is 0 Å². The van der Waals surface area contributed by atoms with Gasteiger partial charge in [0.1, 0.15) is 5.75 Å². The zero-order chi connectivity index (χ0) is 11.8. The molecule has 0 aromatic heterocycles. The van der Waals surface area contributed by atoms with Gasteiger partial charge in [0, 0.05) is 21.2 Å². The van der Waals surface area contributed by atoms with Crippen LogP contribution in [0.3, 0.4) is 0 Å². The number of fused-ring (bicyclic) bond motifs is 1. The van der Waals surface area contributed by atoms with Crippen molar-refractivity contribution in [1.82, 2.24) is 0 Å². The summed E-state index contributed by atoms with van der Waals surface area (Å²) in [5.74, 6) is 0.834. The van der Waals surface area contributed by atoms with Crippen molar-refractivity contribution in [3.63, 3.8) is 0 Å². The fourth-order valence-electron chi connectivity index (χ4n) is 1.86. The van der Waals surface area contributed by atoms with E-state index in [1.807, 2.05) is 30.3 Å². The molecular weight excluding hydrogens is 302 g/mol. The molecule has 1 aliphatic rings. The van der Waals surface area contributed by atoms with Crippen molar-refractivity contribution in [3.05, 3.63) is 52.0 Å². The van der Waals surface area contributed by atoms with Gasteiger partial charge in [0.2, 0.25) is 0 Å². The summed E-state index contributed by atoms with van der Waals surface area (Å²) in [5, 5.41) is 0.696. The van der Waals surface area contributed by atoms with E-state index in [0.717, 1.165) is 21.6 Å². The lowest BCUT2D eigenvalue weighted by Gasteiger charge is -2.16. The molecule has 0 saturated carbocycles. The van der Waals surface area contributed by atoms with Crippen LogP contribution in [0.4, 0.5) is 11.4 Å². The van der Waals surface area contributed by atoms with E-state index in [2.05, 4.69) is 33.0 Å². The molecule has 3 rings (SSSR count). The molecule has 0 radical (unpaired) electrons. The quantitative estimate of drug-likeness (QED) is 0.764. The number of benzene rings is 2. The molecular formula is C13H9BrClNO. The molecule has 0 amide bonds. The Morgan fingerprint density at radius 1 is 1.12 bits per heavy atom. The van der Waals surface area contributed by atoms with Crippen LogP contribution < -0.4 is 9.64 Å². The molecule has 1 aliphatic heterocycles. The fourth-order valence-corrected chi connectivity index (χ4v) is 2.29. The van der Waals surface area contributed by atoms with Gasteiger partial charge in [-0.15, -0.1) is 0 Å². The Hall–Kier alpha value is -1.19. The van der Waals surface area contributed by atoms with Crippen molar-refractivity contribution in [1.29, 1.82) is 0 Å². The van der Waals surface area contributed by atoms with Crippen molar-refractivity contribution >= 4 is 38.9 Å². The number of hydrogen-bond acceptors (Lipinski definition) is 2. The first-order chi connectivity index (χ1) is 8.24. The summed E-state index contributed by atoms with van der Waals surface area (Å²) in [5.41, 5.74) is 2.16. The summed E-state index contributed by atoms with van der Waals surface area (Å²) in [4.78, 5) is 2.11. The summed E-state index contributed by atoms with van der Waals surface area (Å²) < 4.78 is 6.67. The lowest BCUT2D eigenvalue weighted by molar-refractivity contribution is 0.357. The molecule has 0 N–H and O–H groups in total. The van der Waals surface area contributed by atoms with E-state index in [4.69, 9.17) is 16.3 Å². The highest BCUT2D eigenvalue weighted by Gasteiger charge is 2.21. The topological polar surface area (TPSA) is 12.5 Å². The Labute approximate surface area is 113 Å². The average Bonchev–Trinajstić information content (AvgIpc) is 2.73. The molecule has 2 aromatic carbocycles. The van der Waals surface area contributed by atoms with Crippen LogP contribution in [0.15, 0.2) is 46.9 Å². The third kappa shape index (κ3) is 2.01. The Morgan fingerprint density at radius 2 is 1.88 bits per heavy atom. The second-order valence-corrected chi connectivity index (χ2v) is 5.14. The summed E-state index contributed by atoms with van der Waals surface area (Å²) >= 11 is 9.36. The van der Waals surface area contributed by atoms with Gasteiger partial charge in [-0.05, 0) is 36.4 Å². The molecule has 0 bridgehead atoms. The van der Waals surface area contributed by atoms with Crippen molar-refractivity contribution in [3.8, 4) is 5.75 Å². The maximum atomic E-state index is 5.93. The molecule has 0 unspecified atom stereocenters. The smallest absolute Gasteiger partial charge is 0.165 e. The van der Waals surface area contributed by atoms with Gasteiger partial charge in [-0.2, -0.15) is 0 Å². The number of ether oxygens (including phenoxy) is 1. The van der Waals surface area contributed by atoms with Gasteiger partial charge in [-0.3, -0.25) is 0 Å². The number of halogens is 2. The molecule has 4 heteroatoms. The van der Waals surface area contributed by atoms with E-state index >= 15 is 0 Å². The van der Waals surface area contributed by atoms with Crippen LogP contribution >= 0.6 is 27.5 Å². The Kier molecular flexibility index (Phi) is 2.73. The van der Waals surface area contributed by atoms with Crippen LogP contribution in [0, 0.1) is 0 Å². The minimum absolute atomic E-state index is 0.525. The minimum Gasteiger partial charge on any atom is -0.470 e. The molecule has 2 aromatic rings. The summed E-state index contributed by atoms with van der Waals surface area (Å²) in [7, 11) is 0. The number of rotatable bonds is 1. The van der Waals surface area contributed by atoms with E-state index in [1.165, 1.54) is 0 Å². The molecule has 86 valence electrons. The molecule has 2 nitrogen and oxygen atoms in total. The molecule has 0 fully saturated rings. The van der Waals surface area contributed by atoms with E-state index < -0.39 is 0 Å². The molecule has 17 heavy (non-hydrogen) atoms. The molecule has 0 saturated heterocycles. The Morgan fingerprint density at radius 3 is 2.65 bits per heavy atom. The van der Waals surface area contributed by atoms with Crippen molar-refractivity contribution in [2.45, 2.75) is 0 Å². The van der Waals surface area contributed by atoms with Crippen LogP contribution in [0.1, 0.15) is 0 Å². The summed E-state index contributed by atoms with van der Waals surface area (Å²) in [6.45, 7) is 0.525. The Balaban J connectivity index is 2.01. The van der Waals surface area contributed by atoms with Gasteiger partial charge in [0.15, 0.2) is 6.73 Å². The van der Waals surface area contributed by atoms with E-state index in [-0.39, 0.29) is 0 Å². The Bertz CT molecular complexity index is 556.